The molecule has 1 amide bonds. The van der Waals surface area contributed by atoms with E-state index < -0.39 is 17.7 Å². The van der Waals surface area contributed by atoms with Gasteiger partial charge < -0.3 is 19.3 Å². The van der Waals surface area contributed by atoms with E-state index in [1.54, 1.807) is 42.5 Å². The Bertz CT molecular complexity index is 1620. The number of rotatable bonds is 7. The summed E-state index contributed by atoms with van der Waals surface area (Å²) in [5.41, 5.74) is 3.58. The number of thiazole rings is 1. The summed E-state index contributed by atoms with van der Waals surface area (Å²) in [5.74, 6) is -0.344. The number of anilines is 1. The van der Waals surface area contributed by atoms with E-state index in [0.717, 1.165) is 21.3 Å². The molecule has 4 aromatic rings. The molecule has 0 bridgehead atoms. The molecule has 1 N–H and O–H groups in total. The number of carbonyl (C=O) groups excluding carboxylic acids is 2. The Kier molecular flexibility index (Phi) is 7.01. The number of aromatic nitrogens is 1. The number of fused-ring (bicyclic) bond motifs is 1. The second-order valence-electron chi connectivity index (χ2n) is 9.16. The number of nitrogens with zero attached hydrogens (tertiary/aromatic N) is 2. The number of aliphatic hydroxyl groups excluding tert-OH is 1. The van der Waals surface area contributed by atoms with E-state index >= 15 is 0 Å². The maximum Gasteiger partial charge on any atom is 0.301 e. The quantitative estimate of drug-likeness (QED) is 0.174. The fourth-order valence-electron chi connectivity index (χ4n) is 4.87. The molecule has 1 fully saturated rings. The van der Waals surface area contributed by atoms with Gasteiger partial charge in [-0.15, -0.1) is 0 Å². The monoisotopic (exact) mass is 544 g/mol. The molecule has 200 valence electrons. The molecule has 1 aliphatic heterocycles. The van der Waals surface area contributed by atoms with Crippen molar-refractivity contribution in [2.75, 3.05) is 25.7 Å². The number of ether oxygens (including phenoxy) is 3. The molecular weight excluding hydrogens is 516 g/mol. The number of hydrogen-bond donors (Lipinski definition) is 1. The lowest BCUT2D eigenvalue weighted by atomic mass is 9.94. The van der Waals surface area contributed by atoms with E-state index in [4.69, 9.17) is 19.2 Å². The van der Waals surface area contributed by atoms with Crippen LogP contribution in [0.3, 0.4) is 0 Å². The molecule has 0 radical (unpaired) electrons. The van der Waals surface area contributed by atoms with Crippen LogP contribution in [0.2, 0.25) is 0 Å². The first-order valence-electron chi connectivity index (χ1n) is 12.4. The zero-order valence-electron chi connectivity index (χ0n) is 22.3. The minimum absolute atomic E-state index is 0.0668. The van der Waals surface area contributed by atoms with E-state index in [1.165, 1.54) is 30.5 Å². The molecule has 9 heteroatoms. The van der Waals surface area contributed by atoms with Crippen molar-refractivity contribution >= 4 is 44.1 Å². The molecule has 1 unspecified atom stereocenters. The van der Waals surface area contributed by atoms with Crippen molar-refractivity contribution in [1.82, 2.24) is 4.98 Å². The molecule has 1 saturated heterocycles. The van der Waals surface area contributed by atoms with Crippen molar-refractivity contribution in [3.63, 3.8) is 0 Å². The molecule has 2 heterocycles. The minimum atomic E-state index is -1.01. The molecule has 3 aromatic carbocycles. The van der Waals surface area contributed by atoms with Gasteiger partial charge in [0.15, 0.2) is 5.13 Å². The first-order valence-corrected chi connectivity index (χ1v) is 13.2. The van der Waals surface area contributed by atoms with Crippen molar-refractivity contribution in [1.29, 1.82) is 0 Å². The van der Waals surface area contributed by atoms with Gasteiger partial charge in [0.2, 0.25) is 0 Å². The lowest BCUT2D eigenvalue weighted by Gasteiger charge is -2.25. The van der Waals surface area contributed by atoms with Crippen LogP contribution in [0, 0.1) is 13.8 Å². The van der Waals surface area contributed by atoms with Gasteiger partial charge >= 0.3 is 5.91 Å². The average molecular weight is 545 g/mol. The molecule has 1 aromatic heterocycles. The number of ketones is 1. The summed E-state index contributed by atoms with van der Waals surface area (Å²) in [4.78, 5) is 33.4. The standard InChI is InChI=1S/C30H28N2O6S/c1-6-38-19-9-7-18(8-10-19)27(33)24-26(21-15-20(36-4)11-12-22(21)37-5)32(29(35)28(24)34)30-31-25-17(3)13-16(2)14-23(25)39-30/h7-15,26,33H,6H2,1-5H3. The number of Topliss-reactive ketones (excluding diaryl/α,β-unsaturated/α-hetero) is 1. The number of carbonyl (C=O) groups is 2. The Labute approximate surface area is 230 Å². The predicted octanol–water partition coefficient (Wildman–Crippen LogP) is 5.96. The van der Waals surface area contributed by atoms with E-state index in [0.29, 0.717) is 40.1 Å². The van der Waals surface area contributed by atoms with Crippen LogP contribution in [0.25, 0.3) is 16.0 Å². The minimum Gasteiger partial charge on any atom is -0.507 e. The Balaban J connectivity index is 1.76. The summed E-state index contributed by atoms with van der Waals surface area (Å²) in [5, 5.41) is 11.8. The molecule has 0 saturated carbocycles. The van der Waals surface area contributed by atoms with Crippen LogP contribution in [-0.4, -0.2) is 42.6 Å². The van der Waals surface area contributed by atoms with Gasteiger partial charge in [0, 0.05) is 11.1 Å². The number of benzene rings is 3. The highest BCUT2D eigenvalue weighted by Crippen LogP contribution is 2.47. The Morgan fingerprint density at radius 1 is 1.00 bits per heavy atom. The second kappa shape index (κ2) is 10.4. The molecule has 0 aliphatic carbocycles. The first-order chi connectivity index (χ1) is 18.8. The Morgan fingerprint density at radius 3 is 2.38 bits per heavy atom. The van der Waals surface area contributed by atoms with Gasteiger partial charge in [-0.3, -0.25) is 14.5 Å². The lowest BCUT2D eigenvalue weighted by Crippen LogP contribution is -2.29. The zero-order chi connectivity index (χ0) is 27.8. The highest BCUT2D eigenvalue weighted by atomic mass is 32.1. The number of methoxy groups -OCH3 is 2. The zero-order valence-corrected chi connectivity index (χ0v) is 23.1. The summed E-state index contributed by atoms with van der Waals surface area (Å²) < 4.78 is 17.5. The summed E-state index contributed by atoms with van der Waals surface area (Å²) >= 11 is 1.32. The summed E-state index contributed by atoms with van der Waals surface area (Å²) in [6.07, 6.45) is 0. The fraction of sp³-hybridized carbons (Fsp3) is 0.233. The van der Waals surface area contributed by atoms with Gasteiger partial charge in [0.1, 0.15) is 29.0 Å². The van der Waals surface area contributed by atoms with Gasteiger partial charge in [0.25, 0.3) is 5.78 Å². The largest absolute Gasteiger partial charge is 0.507 e. The maximum absolute atomic E-state index is 13.7. The molecule has 8 nitrogen and oxygen atoms in total. The van der Waals surface area contributed by atoms with Gasteiger partial charge in [0.05, 0.1) is 36.6 Å². The van der Waals surface area contributed by atoms with Crippen LogP contribution in [0.15, 0.2) is 60.2 Å². The fourth-order valence-corrected chi connectivity index (χ4v) is 6.04. The molecule has 0 spiro atoms. The van der Waals surface area contributed by atoms with Gasteiger partial charge in [-0.2, -0.15) is 0 Å². The molecule has 1 atom stereocenters. The van der Waals surface area contributed by atoms with Crippen molar-refractivity contribution < 1.29 is 28.9 Å². The second-order valence-corrected chi connectivity index (χ2v) is 10.2. The summed E-state index contributed by atoms with van der Waals surface area (Å²) in [6, 6.07) is 14.9. The molecule has 39 heavy (non-hydrogen) atoms. The first kappa shape index (κ1) is 26.2. The van der Waals surface area contributed by atoms with E-state index in [-0.39, 0.29) is 11.3 Å². The highest BCUT2D eigenvalue weighted by molar-refractivity contribution is 7.22. The highest BCUT2D eigenvalue weighted by Gasteiger charge is 2.49. The molecule has 5 rings (SSSR count). The summed E-state index contributed by atoms with van der Waals surface area (Å²) in [7, 11) is 3.04. The van der Waals surface area contributed by atoms with Gasteiger partial charge in [-0.05, 0) is 80.4 Å². The number of amides is 1. The van der Waals surface area contributed by atoms with Crippen LogP contribution >= 0.6 is 11.3 Å². The average Bonchev–Trinajstić information content (AvgIpc) is 3.46. The number of aliphatic hydroxyl groups is 1. The SMILES string of the molecule is CCOc1ccc(C(O)=C2C(=O)C(=O)N(c3nc4c(C)cc(C)cc4s3)C2c2cc(OC)ccc2OC)cc1. The normalized spacial score (nSPS) is 16.6. The number of hydrogen-bond acceptors (Lipinski definition) is 8. The van der Waals surface area contributed by atoms with E-state index in [2.05, 4.69) is 0 Å². The van der Waals surface area contributed by atoms with Crippen molar-refractivity contribution in [3.8, 4) is 17.2 Å². The topological polar surface area (TPSA) is 98.2 Å². The van der Waals surface area contributed by atoms with Crippen molar-refractivity contribution in [2.45, 2.75) is 26.8 Å². The molecular formula is C30H28N2O6S. The van der Waals surface area contributed by atoms with E-state index in [9.17, 15) is 14.7 Å². The van der Waals surface area contributed by atoms with Crippen molar-refractivity contribution in [2.24, 2.45) is 0 Å². The smallest absolute Gasteiger partial charge is 0.301 e. The van der Waals surface area contributed by atoms with Crippen LogP contribution in [0.4, 0.5) is 5.13 Å². The maximum atomic E-state index is 13.7. The van der Waals surface area contributed by atoms with E-state index in [1.807, 2.05) is 32.9 Å². The lowest BCUT2D eigenvalue weighted by molar-refractivity contribution is -0.132. The predicted molar refractivity (Wildman–Crippen MR) is 151 cm³/mol. The molecule has 1 aliphatic rings. The third-order valence-corrected chi connectivity index (χ3v) is 7.64. The van der Waals surface area contributed by atoms with Crippen LogP contribution < -0.4 is 19.1 Å². The number of aryl methyl sites for hydroxylation is 2. The van der Waals surface area contributed by atoms with Crippen LogP contribution in [0.1, 0.15) is 35.2 Å². The summed E-state index contributed by atoms with van der Waals surface area (Å²) in [6.45, 7) is 6.33. The van der Waals surface area contributed by atoms with Gasteiger partial charge in [-0.25, -0.2) is 4.98 Å². The Hall–Kier alpha value is -4.37. The van der Waals surface area contributed by atoms with Crippen molar-refractivity contribution in [3.05, 3.63) is 82.4 Å². The van der Waals surface area contributed by atoms with Gasteiger partial charge in [-0.1, -0.05) is 17.4 Å². The van der Waals surface area contributed by atoms with Crippen LogP contribution in [0.5, 0.6) is 17.2 Å². The third-order valence-electron chi connectivity index (χ3n) is 6.64. The Morgan fingerprint density at radius 2 is 1.72 bits per heavy atom. The van der Waals surface area contributed by atoms with Crippen LogP contribution in [-0.2, 0) is 9.59 Å². The third kappa shape index (κ3) is 4.59.